The molecule has 1 aromatic carbocycles. The first kappa shape index (κ1) is 15.4. The molecule has 1 atom stereocenters. The van der Waals surface area contributed by atoms with E-state index in [9.17, 15) is 9.90 Å². The Bertz CT molecular complexity index is 515. The van der Waals surface area contributed by atoms with Crippen molar-refractivity contribution in [2.45, 2.75) is 33.4 Å². The molecule has 0 saturated carbocycles. The van der Waals surface area contributed by atoms with Crippen LogP contribution in [0, 0.1) is 5.92 Å². The molecule has 21 heavy (non-hydrogen) atoms. The summed E-state index contributed by atoms with van der Waals surface area (Å²) in [5.74, 6) is 1.71. The minimum absolute atomic E-state index is 0.0789. The Hall–Kier alpha value is -1.95. The molecule has 0 radical (unpaired) electrons. The van der Waals surface area contributed by atoms with E-state index in [4.69, 9.17) is 14.2 Å². The average Bonchev–Trinajstić information content (AvgIpc) is 2.90. The number of ether oxygens (including phenoxy) is 3. The Balaban J connectivity index is 1.98. The van der Waals surface area contributed by atoms with Crippen LogP contribution in [0.5, 0.6) is 17.2 Å². The number of hydrogen-bond donors (Lipinski definition) is 2. The maximum Gasteiger partial charge on any atom is 0.258 e. The second-order valence-electron chi connectivity index (χ2n) is 5.36. The second kappa shape index (κ2) is 6.67. The van der Waals surface area contributed by atoms with Gasteiger partial charge in [-0.3, -0.25) is 4.79 Å². The van der Waals surface area contributed by atoms with Gasteiger partial charge < -0.3 is 24.6 Å². The summed E-state index contributed by atoms with van der Waals surface area (Å²) in [7, 11) is 0. The zero-order valence-corrected chi connectivity index (χ0v) is 12.5. The highest BCUT2D eigenvalue weighted by atomic mass is 16.7. The summed E-state index contributed by atoms with van der Waals surface area (Å²) < 4.78 is 16.0. The highest BCUT2D eigenvalue weighted by molar-refractivity contribution is 5.77. The predicted octanol–water partition coefficient (Wildman–Crippen LogP) is 1.45. The molecule has 1 aliphatic rings. The van der Waals surface area contributed by atoms with Crippen molar-refractivity contribution in [3.63, 3.8) is 0 Å². The van der Waals surface area contributed by atoms with Crippen LogP contribution in [0.1, 0.15) is 26.3 Å². The number of amides is 1. The number of rotatable bonds is 6. The van der Waals surface area contributed by atoms with E-state index < -0.39 is 0 Å². The van der Waals surface area contributed by atoms with E-state index in [0.29, 0.717) is 28.7 Å². The maximum absolute atomic E-state index is 11.8. The van der Waals surface area contributed by atoms with Crippen molar-refractivity contribution < 1.29 is 24.1 Å². The van der Waals surface area contributed by atoms with Gasteiger partial charge in [0.1, 0.15) is 5.75 Å². The number of nitrogens with one attached hydrogen (secondary N) is 1. The fraction of sp³-hybridized carbons (Fsp3) is 0.533. The Kier molecular flexibility index (Phi) is 4.90. The van der Waals surface area contributed by atoms with Gasteiger partial charge in [-0.1, -0.05) is 13.8 Å². The number of carbonyl (C=O) groups excluding carboxylic acids is 1. The van der Waals surface area contributed by atoms with E-state index in [1.807, 2.05) is 20.8 Å². The number of hydrogen-bond acceptors (Lipinski definition) is 5. The average molecular weight is 295 g/mol. The third-order valence-corrected chi connectivity index (χ3v) is 3.47. The van der Waals surface area contributed by atoms with Gasteiger partial charge in [-0.25, -0.2) is 0 Å². The molecule has 0 fully saturated rings. The number of benzene rings is 1. The van der Waals surface area contributed by atoms with Crippen molar-refractivity contribution in [3.05, 3.63) is 17.7 Å². The lowest BCUT2D eigenvalue weighted by atomic mass is 10.1. The summed E-state index contributed by atoms with van der Waals surface area (Å²) in [6.45, 7) is 5.86. The van der Waals surface area contributed by atoms with Crippen LogP contribution in [0.4, 0.5) is 0 Å². The van der Waals surface area contributed by atoms with Gasteiger partial charge in [-0.15, -0.1) is 0 Å². The molecular formula is C15H21NO5. The Labute approximate surface area is 124 Å². The van der Waals surface area contributed by atoms with Gasteiger partial charge in [0.15, 0.2) is 18.1 Å². The molecule has 1 aliphatic heterocycles. The number of aliphatic hydroxyl groups is 1. The molecule has 1 heterocycles. The lowest BCUT2D eigenvalue weighted by Crippen LogP contribution is -2.39. The fourth-order valence-corrected chi connectivity index (χ4v) is 1.83. The largest absolute Gasteiger partial charge is 0.483 e. The van der Waals surface area contributed by atoms with Crippen LogP contribution in [0.15, 0.2) is 12.1 Å². The smallest absolute Gasteiger partial charge is 0.258 e. The molecule has 1 amide bonds. The molecule has 1 aromatic rings. The Morgan fingerprint density at radius 1 is 1.33 bits per heavy atom. The Morgan fingerprint density at radius 3 is 2.62 bits per heavy atom. The molecule has 116 valence electrons. The molecule has 0 spiro atoms. The molecule has 1 unspecified atom stereocenters. The molecule has 6 heteroatoms. The molecule has 0 aliphatic carbocycles. The van der Waals surface area contributed by atoms with Crippen molar-refractivity contribution in [2.24, 2.45) is 5.92 Å². The molecule has 0 saturated heterocycles. The molecule has 6 nitrogen and oxygen atoms in total. The summed E-state index contributed by atoms with van der Waals surface area (Å²) in [6.07, 6.45) is 0. The standard InChI is InChI=1S/C15H21NO5/c1-9(2)10(3)16-15(18)7-19-12-5-14-13(20-8-21-14)4-11(12)6-17/h4-5,9-10,17H,6-8H2,1-3H3,(H,16,18). The van der Waals surface area contributed by atoms with Gasteiger partial charge in [0.25, 0.3) is 5.91 Å². The van der Waals surface area contributed by atoms with Gasteiger partial charge in [-0.05, 0) is 18.9 Å². The topological polar surface area (TPSA) is 77.0 Å². The van der Waals surface area contributed by atoms with Crippen LogP contribution in [-0.4, -0.2) is 30.5 Å². The van der Waals surface area contributed by atoms with Crippen molar-refractivity contribution in [1.29, 1.82) is 0 Å². The van der Waals surface area contributed by atoms with Crippen molar-refractivity contribution in [2.75, 3.05) is 13.4 Å². The van der Waals surface area contributed by atoms with E-state index in [0.717, 1.165) is 0 Å². The molecule has 2 rings (SSSR count). The van der Waals surface area contributed by atoms with Gasteiger partial charge in [0.2, 0.25) is 6.79 Å². The zero-order valence-electron chi connectivity index (χ0n) is 12.5. The molecule has 0 aromatic heterocycles. The Morgan fingerprint density at radius 2 is 2.00 bits per heavy atom. The first-order valence-electron chi connectivity index (χ1n) is 6.96. The van der Waals surface area contributed by atoms with Gasteiger partial charge >= 0.3 is 0 Å². The molecular weight excluding hydrogens is 274 g/mol. The predicted molar refractivity (Wildman–Crippen MR) is 76.4 cm³/mol. The van der Waals surface area contributed by atoms with Crippen LogP contribution >= 0.6 is 0 Å². The summed E-state index contributed by atoms with van der Waals surface area (Å²) in [5, 5.41) is 12.2. The van der Waals surface area contributed by atoms with Crippen LogP contribution in [0.25, 0.3) is 0 Å². The summed E-state index contributed by atoms with van der Waals surface area (Å²) in [6, 6.07) is 3.37. The third-order valence-electron chi connectivity index (χ3n) is 3.47. The lowest BCUT2D eigenvalue weighted by molar-refractivity contribution is -0.124. The van der Waals surface area contributed by atoms with Crippen LogP contribution in [0.3, 0.4) is 0 Å². The minimum Gasteiger partial charge on any atom is -0.483 e. The van der Waals surface area contributed by atoms with Crippen molar-refractivity contribution in [1.82, 2.24) is 5.32 Å². The third kappa shape index (κ3) is 3.78. The van der Waals surface area contributed by atoms with Gasteiger partial charge in [0.05, 0.1) is 6.61 Å². The highest BCUT2D eigenvalue weighted by Gasteiger charge is 2.18. The minimum atomic E-state index is -0.198. The summed E-state index contributed by atoms with van der Waals surface area (Å²) in [5.41, 5.74) is 0.559. The second-order valence-corrected chi connectivity index (χ2v) is 5.36. The van der Waals surface area contributed by atoms with E-state index in [1.54, 1.807) is 12.1 Å². The van der Waals surface area contributed by atoms with Crippen molar-refractivity contribution >= 4 is 5.91 Å². The SMILES string of the molecule is CC(C)C(C)NC(=O)COc1cc2c(cc1CO)OCO2. The van der Waals surface area contributed by atoms with Crippen LogP contribution in [0.2, 0.25) is 0 Å². The van der Waals surface area contributed by atoms with E-state index in [1.165, 1.54) is 0 Å². The van der Waals surface area contributed by atoms with Crippen molar-refractivity contribution in [3.8, 4) is 17.2 Å². The number of fused-ring (bicyclic) bond motifs is 1. The molecule has 2 N–H and O–H groups in total. The summed E-state index contributed by atoms with van der Waals surface area (Å²) in [4.78, 5) is 11.8. The summed E-state index contributed by atoms with van der Waals surface area (Å²) >= 11 is 0. The van der Waals surface area contributed by atoms with Gasteiger partial charge in [-0.2, -0.15) is 0 Å². The van der Waals surface area contributed by atoms with E-state index in [2.05, 4.69) is 5.32 Å². The normalized spacial score (nSPS) is 14.1. The fourth-order valence-electron chi connectivity index (χ4n) is 1.83. The van der Waals surface area contributed by atoms with Gasteiger partial charge in [0, 0.05) is 17.7 Å². The number of aliphatic hydroxyl groups excluding tert-OH is 1. The van der Waals surface area contributed by atoms with Crippen LogP contribution in [-0.2, 0) is 11.4 Å². The van der Waals surface area contributed by atoms with E-state index in [-0.39, 0.29) is 32.0 Å². The maximum atomic E-state index is 11.8. The molecule has 0 bridgehead atoms. The first-order valence-corrected chi connectivity index (χ1v) is 6.96. The lowest BCUT2D eigenvalue weighted by Gasteiger charge is -2.18. The first-order chi connectivity index (χ1) is 10.0. The quantitative estimate of drug-likeness (QED) is 0.830. The monoisotopic (exact) mass is 295 g/mol. The zero-order chi connectivity index (χ0) is 15.4. The van der Waals surface area contributed by atoms with Crippen LogP contribution < -0.4 is 19.5 Å². The van der Waals surface area contributed by atoms with E-state index >= 15 is 0 Å². The highest BCUT2D eigenvalue weighted by Crippen LogP contribution is 2.38. The number of carbonyl (C=O) groups is 1.